The van der Waals surface area contributed by atoms with Gasteiger partial charge in [0, 0.05) is 12.0 Å². The molecule has 3 nitrogen and oxygen atoms in total. The smallest absolute Gasteiger partial charge is 0.232 e. The summed E-state index contributed by atoms with van der Waals surface area (Å²) in [7, 11) is -3.20. The van der Waals surface area contributed by atoms with Gasteiger partial charge in [-0.15, -0.1) is 0 Å². The first kappa shape index (κ1) is 13.4. The highest BCUT2D eigenvalue weighted by Gasteiger charge is 2.39. The number of hydrogen-bond donors (Lipinski definition) is 0. The van der Waals surface area contributed by atoms with Crippen molar-refractivity contribution in [1.29, 1.82) is 0 Å². The lowest BCUT2D eigenvalue weighted by molar-refractivity contribution is 0.557. The van der Waals surface area contributed by atoms with Crippen molar-refractivity contribution in [3.8, 4) is 0 Å². The highest BCUT2D eigenvalue weighted by atomic mass is 32.2. The molecular formula is C14H21NO2S. The van der Waals surface area contributed by atoms with Crippen LogP contribution in [-0.2, 0) is 15.4 Å². The molecule has 1 aromatic rings. The van der Waals surface area contributed by atoms with Crippen molar-refractivity contribution in [3.05, 3.63) is 29.3 Å². The zero-order valence-electron chi connectivity index (χ0n) is 11.7. The van der Waals surface area contributed by atoms with Crippen molar-refractivity contribution >= 4 is 15.7 Å². The average Bonchev–Trinajstić information content (AvgIpc) is 2.50. The van der Waals surface area contributed by atoms with Gasteiger partial charge in [-0.2, -0.15) is 0 Å². The Kier molecular flexibility index (Phi) is 2.97. The van der Waals surface area contributed by atoms with E-state index in [2.05, 4.69) is 39.8 Å². The van der Waals surface area contributed by atoms with E-state index in [0.717, 1.165) is 11.3 Å². The number of hydrogen-bond acceptors (Lipinski definition) is 2. The van der Waals surface area contributed by atoms with Crippen LogP contribution in [0, 0.1) is 0 Å². The van der Waals surface area contributed by atoms with E-state index in [0.29, 0.717) is 12.5 Å². The molecule has 0 radical (unpaired) electrons. The van der Waals surface area contributed by atoms with E-state index < -0.39 is 10.0 Å². The highest BCUT2D eigenvalue weighted by molar-refractivity contribution is 7.92. The third kappa shape index (κ3) is 2.14. The Morgan fingerprint density at radius 2 is 1.89 bits per heavy atom. The van der Waals surface area contributed by atoms with Crippen molar-refractivity contribution in [2.24, 2.45) is 0 Å². The minimum absolute atomic E-state index is 0.117. The summed E-state index contributed by atoms with van der Waals surface area (Å²) < 4.78 is 25.3. The Morgan fingerprint density at radius 1 is 1.28 bits per heavy atom. The van der Waals surface area contributed by atoms with Gasteiger partial charge in [-0.05, 0) is 23.1 Å². The van der Waals surface area contributed by atoms with Crippen LogP contribution >= 0.6 is 0 Å². The van der Waals surface area contributed by atoms with E-state index >= 15 is 0 Å². The molecule has 4 heteroatoms. The Balaban J connectivity index is 2.62. The summed E-state index contributed by atoms with van der Waals surface area (Å²) in [4.78, 5) is 0. The zero-order chi connectivity index (χ0) is 13.7. The van der Waals surface area contributed by atoms with E-state index in [4.69, 9.17) is 0 Å². The molecule has 0 amide bonds. The van der Waals surface area contributed by atoms with Crippen molar-refractivity contribution in [2.45, 2.75) is 39.0 Å². The van der Waals surface area contributed by atoms with Gasteiger partial charge in [0.25, 0.3) is 0 Å². The van der Waals surface area contributed by atoms with Gasteiger partial charge in [0.1, 0.15) is 0 Å². The number of rotatable bonds is 2. The van der Waals surface area contributed by atoms with E-state index in [1.54, 1.807) is 0 Å². The third-order valence-electron chi connectivity index (χ3n) is 3.63. The standard InChI is InChI=1S/C14H21NO2S/c1-10(2)11-6-7-12-13(8-11)15(18(5,16)17)9-14(12,3)4/h6-8,10H,9H2,1-5H3. The Labute approximate surface area is 110 Å². The van der Waals surface area contributed by atoms with Crippen molar-refractivity contribution in [2.75, 3.05) is 17.1 Å². The maximum Gasteiger partial charge on any atom is 0.232 e. The molecule has 2 rings (SSSR count). The van der Waals surface area contributed by atoms with Crippen LogP contribution in [0.4, 0.5) is 5.69 Å². The summed E-state index contributed by atoms with van der Waals surface area (Å²) in [6, 6.07) is 6.21. The van der Waals surface area contributed by atoms with E-state index in [9.17, 15) is 8.42 Å². The van der Waals surface area contributed by atoms with Crippen LogP contribution in [0.15, 0.2) is 18.2 Å². The molecule has 1 aromatic carbocycles. The Bertz CT molecular complexity index is 573. The lowest BCUT2D eigenvalue weighted by Crippen LogP contribution is -2.33. The Morgan fingerprint density at radius 3 is 2.39 bits per heavy atom. The second kappa shape index (κ2) is 3.98. The molecule has 1 aliphatic rings. The van der Waals surface area contributed by atoms with Gasteiger partial charge in [0.2, 0.25) is 10.0 Å². The minimum atomic E-state index is -3.20. The predicted octanol–water partition coefficient (Wildman–Crippen LogP) is 2.87. The highest BCUT2D eigenvalue weighted by Crippen LogP contribution is 2.42. The molecule has 18 heavy (non-hydrogen) atoms. The molecule has 0 aliphatic carbocycles. The van der Waals surface area contributed by atoms with Gasteiger partial charge < -0.3 is 0 Å². The van der Waals surface area contributed by atoms with Gasteiger partial charge in [0.15, 0.2) is 0 Å². The first-order valence-electron chi connectivity index (χ1n) is 6.25. The molecule has 0 bridgehead atoms. The van der Waals surface area contributed by atoms with E-state index in [-0.39, 0.29) is 5.41 Å². The predicted molar refractivity (Wildman–Crippen MR) is 75.7 cm³/mol. The molecule has 0 fully saturated rings. The zero-order valence-corrected chi connectivity index (χ0v) is 12.5. The summed E-state index contributed by atoms with van der Waals surface area (Å²) in [5.41, 5.74) is 3.04. The molecule has 1 aliphatic heterocycles. The van der Waals surface area contributed by atoms with Crippen LogP contribution < -0.4 is 4.31 Å². The molecule has 0 atom stereocenters. The number of anilines is 1. The molecule has 1 heterocycles. The van der Waals surface area contributed by atoms with Gasteiger partial charge in [0.05, 0.1) is 11.9 Å². The number of sulfonamides is 1. The summed E-state index contributed by atoms with van der Waals surface area (Å²) in [5, 5.41) is 0. The van der Waals surface area contributed by atoms with Crippen molar-refractivity contribution in [3.63, 3.8) is 0 Å². The van der Waals surface area contributed by atoms with Crippen LogP contribution in [0.2, 0.25) is 0 Å². The maximum atomic E-state index is 11.9. The summed E-state index contributed by atoms with van der Waals surface area (Å²) in [5.74, 6) is 0.403. The van der Waals surface area contributed by atoms with Crippen molar-refractivity contribution in [1.82, 2.24) is 0 Å². The van der Waals surface area contributed by atoms with Gasteiger partial charge in [-0.1, -0.05) is 39.8 Å². The first-order chi connectivity index (χ1) is 8.13. The normalized spacial score (nSPS) is 18.2. The molecule has 100 valence electrons. The van der Waals surface area contributed by atoms with Crippen LogP contribution in [0.3, 0.4) is 0 Å². The largest absolute Gasteiger partial charge is 0.269 e. The SMILES string of the molecule is CC(C)c1ccc2c(c1)N(S(C)(=O)=O)CC2(C)C. The number of benzene rings is 1. The van der Waals surface area contributed by atoms with Gasteiger partial charge >= 0.3 is 0 Å². The fourth-order valence-electron chi connectivity index (χ4n) is 2.51. The maximum absolute atomic E-state index is 11.9. The topological polar surface area (TPSA) is 37.4 Å². The van der Waals surface area contributed by atoms with Gasteiger partial charge in [-0.25, -0.2) is 8.42 Å². The van der Waals surface area contributed by atoms with E-state index in [1.807, 2.05) is 6.07 Å². The lowest BCUT2D eigenvalue weighted by atomic mass is 9.86. The lowest BCUT2D eigenvalue weighted by Gasteiger charge is -2.20. The fourth-order valence-corrected chi connectivity index (χ4v) is 3.58. The quantitative estimate of drug-likeness (QED) is 0.826. The van der Waals surface area contributed by atoms with Crippen LogP contribution in [0.1, 0.15) is 44.7 Å². The fraction of sp³-hybridized carbons (Fsp3) is 0.571. The second-order valence-electron chi connectivity index (χ2n) is 6.08. The minimum Gasteiger partial charge on any atom is -0.269 e. The van der Waals surface area contributed by atoms with Crippen LogP contribution in [0.5, 0.6) is 0 Å². The third-order valence-corrected chi connectivity index (χ3v) is 4.75. The molecule has 0 unspecified atom stereocenters. The number of fused-ring (bicyclic) bond motifs is 1. The van der Waals surface area contributed by atoms with Crippen LogP contribution in [-0.4, -0.2) is 21.2 Å². The van der Waals surface area contributed by atoms with Gasteiger partial charge in [-0.3, -0.25) is 4.31 Å². The summed E-state index contributed by atoms with van der Waals surface area (Å²) in [6.45, 7) is 8.94. The molecule has 0 N–H and O–H groups in total. The monoisotopic (exact) mass is 267 g/mol. The number of nitrogens with zero attached hydrogens (tertiary/aromatic N) is 1. The summed E-state index contributed by atoms with van der Waals surface area (Å²) in [6.07, 6.45) is 1.28. The molecule has 0 saturated carbocycles. The van der Waals surface area contributed by atoms with Crippen molar-refractivity contribution < 1.29 is 8.42 Å². The molecule has 0 saturated heterocycles. The summed E-state index contributed by atoms with van der Waals surface area (Å²) >= 11 is 0. The average molecular weight is 267 g/mol. The molecule has 0 aromatic heterocycles. The molecule has 0 spiro atoms. The Hall–Kier alpha value is -1.03. The van der Waals surface area contributed by atoms with Crippen LogP contribution in [0.25, 0.3) is 0 Å². The second-order valence-corrected chi connectivity index (χ2v) is 7.99. The molecular weight excluding hydrogens is 246 g/mol. The van der Waals surface area contributed by atoms with E-state index in [1.165, 1.54) is 16.1 Å². The first-order valence-corrected chi connectivity index (χ1v) is 8.10.